The van der Waals surface area contributed by atoms with E-state index >= 15 is 0 Å². The van der Waals surface area contributed by atoms with Crippen LogP contribution in [0.3, 0.4) is 0 Å². The van der Waals surface area contributed by atoms with Crippen molar-refractivity contribution in [2.75, 3.05) is 6.61 Å². The van der Waals surface area contributed by atoms with Gasteiger partial charge in [0.05, 0.1) is 6.61 Å². The van der Waals surface area contributed by atoms with E-state index < -0.39 is 11.6 Å². The van der Waals surface area contributed by atoms with Crippen LogP contribution in [-0.2, 0) is 0 Å². The lowest BCUT2D eigenvalue weighted by atomic mass is 9.68. The van der Waals surface area contributed by atoms with Crippen LogP contribution in [0.4, 0.5) is 8.78 Å². The molecule has 1 aromatic carbocycles. The Morgan fingerprint density at radius 2 is 1.44 bits per heavy atom. The molecule has 0 aliphatic heterocycles. The molecule has 0 bridgehead atoms. The van der Waals surface area contributed by atoms with Gasteiger partial charge >= 0.3 is 0 Å². The van der Waals surface area contributed by atoms with Gasteiger partial charge in [-0.25, -0.2) is 4.39 Å². The fraction of sp³-hybridized carbons (Fsp3) is 0.742. The number of ether oxygens (including phenoxy) is 1. The largest absolute Gasteiger partial charge is 0.490 e. The summed E-state index contributed by atoms with van der Waals surface area (Å²) >= 11 is 0. The van der Waals surface area contributed by atoms with Crippen LogP contribution < -0.4 is 4.74 Å². The van der Waals surface area contributed by atoms with Crippen molar-refractivity contribution in [3.63, 3.8) is 0 Å². The van der Waals surface area contributed by atoms with E-state index in [1.165, 1.54) is 77.0 Å². The minimum absolute atomic E-state index is 0.0739. The van der Waals surface area contributed by atoms with E-state index in [-0.39, 0.29) is 11.7 Å². The molecule has 0 spiro atoms. The number of hydrogen-bond acceptors (Lipinski definition) is 1. The maximum atomic E-state index is 14.9. The number of rotatable bonds is 14. The van der Waals surface area contributed by atoms with E-state index in [1.807, 2.05) is 6.08 Å². The molecule has 34 heavy (non-hydrogen) atoms. The molecule has 0 saturated heterocycles. The molecule has 0 aromatic heterocycles. The Morgan fingerprint density at radius 1 is 0.824 bits per heavy atom. The van der Waals surface area contributed by atoms with Crippen LogP contribution in [0, 0.1) is 29.4 Å². The summed E-state index contributed by atoms with van der Waals surface area (Å²) in [6, 6.07) is 3.44. The molecule has 192 valence electrons. The highest BCUT2D eigenvalue weighted by atomic mass is 19.2. The topological polar surface area (TPSA) is 9.23 Å². The minimum atomic E-state index is -0.793. The molecule has 0 amide bonds. The SMILES string of the molecule is C=CCCCCCCCCOc1ccc(C2CCC(C3CCC(CCC)CC3)CC2)c(F)c1F. The van der Waals surface area contributed by atoms with Crippen molar-refractivity contribution in [1.29, 1.82) is 0 Å². The Kier molecular flexibility index (Phi) is 11.9. The molecule has 3 heteroatoms. The second kappa shape index (κ2) is 14.9. The Hall–Kier alpha value is -1.38. The Labute approximate surface area is 207 Å². The molecule has 2 aliphatic rings. The molecular formula is C31H48F2O. The third-order valence-electron chi connectivity index (χ3n) is 8.60. The highest BCUT2D eigenvalue weighted by Gasteiger charge is 2.32. The van der Waals surface area contributed by atoms with Gasteiger partial charge in [-0.05, 0) is 93.1 Å². The highest BCUT2D eigenvalue weighted by Crippen LogP contribution is 2.45. The standard InChI is InChI=1S/C31H48F2O/c1-3-5-6-7-8-9-10-11-23-34-29-22-21-28(30(32)31(29)33)27-19-17-26(18-20-27)25-15-13-24(12-4-2)14-16-25/h3,21-22,24-27H,1,4-20,23H2,2H3. The maximum Gasteiger partial charge on any atom is 0.200 e. The van der Waals surface area contributed by atoms with Gasteiger partial charge in [-0.3, -0.25) is 0 Å². The molecule has 2 fully saturated rings. The second-order valence-corrected chi connectivity index (χ2v) is 11.0. The number of unbranched alkanes of at least 4 members (excludes halogenated alkanes) is 6. The molecule has 2 aliphatic carbocycles. The quantitative estimate of drug-likeness (QED) is 0.192. The summed E-state index contributed by atoms with van der Waals surface area (Å²) in [5, 5.41) is 0. The van der Waals surface area contributed by atoms with Crippen LogP contribution >= 0.6 is 0 Å². The van der Waals surface area contributed by atoms with Crippen molar-refractivity contribution in [2.45, 2.75) is 122 Å². The fourth-order valence-corrected chi connectivity index (χ4v) is 6.51. The molecule has 0 heterocycles. The monoisotopic (exact) mass is 474 g/mol. The van der Waals surface area contributed by atoms with Gasteiger partial charge in [-0.2, -0.15) is 4.39 Å². The average molecular weight is 475 g/mol. The second-order valence-electron chi connectivity index (χ2n) is 11.0. The molecular weight excluding hydrogens is 426 g/mol. The molecule has 1 nitrogen and oxygen atoms in total. The van der Waals surface area contributed by atoms with Crippen molar-refractivity contribution in [3.8, 4) is 5.75 Å². The predicted molar refractivity (Wildman–Crippen MR) is 139 cm³/mol. The predicted octanol–water partition coefficient (Wildman–Crippen LogP) is 10.1. The van der Waals surface area contributed by atoms with Crippen molar-refractivity contribution in [1.82, 2.24) is 0 Å². The zero-order valence-electron chi connectivity index (χ0n) is 21.6. The van der Waals surface area contributed by atoms with Gasteiger partial charge in [-0.1, -0.05) is 70.4 Å². The van der Waals surface area contributed by atoms with Gasteiger partial charge < -0.3 is 4.74 Å². The van der Waals surface area contributed by atoms with Gasteiger partial charge in [0.25, 0.3) is 0 Å². The first-order chi connectivity index (χ1) is 16.6. The molecule has 3 rings (SSSR count). The summed E-state index contributed by atoms with van der Waals surface area (Å²) in [6.07, 6.45) is 22.4. The van der Waals surface area contributed by atoms with E-state index in [0.29, 0.717) is 12.2 Å². The van der Waals surface area contributed by atoms with Crippen LogP contribution in [0.15, 0.2) is 24.8 Å². The van der Waals surface area contributed by atoms with Crippen molar-refractivity contribution >= 4 is 0 Å². The highest BCUT2D eigenvalue weighted by molar-refractivity contribution is 5.33. The summed E-state index contributed by atoms with van der Waals surface area (Å²) in [5.74, 6) is 1.35. The zero-order valence-corrected chi connectivity index (χ0v) is 21.6. The van der Waals surface area contributed by atoms with Gasteiger partial charge in [0.1, 0.15) is 0 Å². The smallest absolute Gasteiger partial charge is 0.200 e. The van der Waals surface area contributed by atoms with E-state index in [2.05, 4.69) is 13.5 Å². The molecule has 0 unspecified atom stereocenters. The number of hydrogen-bond donors (Lipinski definition) is 0. The van der Waals surface area contributed by atoms with E-state index in [4.69, 9.17) is 4.74 Å². The summed E-state index contributed by atoms with van der Waals surface area (Å²) in [4.78, 5) is 0. The first-order valence-corrected chi connectivity index (χ1v) is 14.4. The first-order valence-electron chi connectivity index (χ1n) is 14.4. The average Bonchev–Trinajstić information content (AvgIpc) is 2.86. The van der Waals surface area contributed by atoms with E-state index in [1.54, 1.807) is 12.1 Å². The van der Waals surface area contributed by atoms with E-state index in [9.17, 15) is 8.78 Å². The van der Waals surface area contributed by atoms with Crippen LogP contribution in [0.25, 0.3) is 0 Å². The fourth-order valence-electron chi connectivity index (χ4n) is 6.51. The lowest BCUT2D eigenvalue weighted by Gasteiger charge is -2.38. The van der Waals surface area contributed by atoms with Crippen molar-refractivity contribution in [3.05, 3.63) is 42.0 Å². The Bertz CT molecular complexity index is 714. The van der Waals surface area contributed by atoms with Crippen LogP contribution in [0.1, 0.15) is 128 Å². The third-order valence-corrected chi connectivity index (χ3v) is 8.60. The van der Waals surface area contributed by atoms with Gasteiger partial charge in [0, 0.05) is 0 Å². The number of halogens is 2. The van der Waals surface area contributed by atoms with Gasteiger partial charge in [0.2, 0.25) is 5.82 Å². The van der Waals surface area contributed by atoms with Gasteiger partial charge in [-0.15, -0.1) is 6.58 Å². The third kappa shape index (κ3) is 8.09. The van der Waals surface area contributed by atoms with Crippen LogP contribution in [0.2, 0.25) is 0 Å². The van der Waals surface area contributed by atoms with E-state index in [0.717, 1.165) is 49.9 Å². The van der Waals surface area contributed by atoms with Crippen LogP contribution in [0.5, 0.6) is 5.75 Å². The Morgan fingerprint density at radius 3 is 2.09 bits per heavy atom. The lowest BCUT2D eigenvalue weighted by Crippen LogP contribution is -2.25. The summed E-state index contributed by atoms with van der Waals surface area (Å²) in [5.41, 5.74) is 0.564. The number of benzene rings is 1. The zero-order chi connectivity index (χ0) is 24.2. The normalized spacial score (nSPS) is 25.3. The molecule has 1 aromatic rings. The molecule has 0 N–H and O–H groups in total. The van der Waals surface area contributed by atoms with Crippen molar-refractivity contribution < 1.29 is 13.5 Å². The summed E-state index contributed by atoms with van der Waals surface area (Å²) < 4.78 is 35.3. The summed E-state index contributed by atoms with van der Waals surface area (Å²) in [6.45, 7) is 6.49. The first kappa shape index (κ1) is 27.2. The van der Waals surface area contributed by atoms with Crippen LogP contribution in [-0.4, -0.2) is 6.61 Å². The molecule has 2 saturated carbocycles. The summed E-state index contributed by atoms with van der Waals surface area (Å²) in [7, 11) is 0. The Balaban J connectivity index is 1.39. The number of allylic oxidation sites excluding steroid dienone is 1. The maximum absolute atomic E-state index is 14.9. The van der Waals surface area contributed by atoms with Gasteiger partial charge in [0.15, 0.2) is 11.6 Å². The van der Waals surface area contributed by atoms with Crippen molar-refractivity contribution in [2.24, 2.45) is 17.8 Å². The molecule has 0 radical (unpaired) electrons. The minimum Gasteiger partial charge on any atom is -0.490 e. The lowest BCUT2D eigenvalue weighted by molar-refractivity contribution is 0.155. The molecule has 0 atom stereocenters.